The molecular formula is C28H30. The van der Waals surface area contributed by atoms with Crippen LogP contribution >= 0.6 is 0 Å². The van der Waals surface area contributed by atoms with Gasteiger partial charge in [-0.1, -0.05) is 125 Å². The van der Waals surface area contributed by atoms with Crippen molar-refractivity contribution in [3.05, 3.63) is 108 Å². The normalized spacial score (nSPS) is 10.8. The molecule has 0 radical (unpaired) electrons. The van der Waals surface area contributed by atoms with E-state index in [0.29, 0.717) is 11.8 Å². The molecule has 4 aromatic rings. The van der Waals surface area contributed by atoms with Crippen LogP contribution in [0.2, 0.25) is 0 Å². The Bertz CT molecular complexity index is 993. The molecular weight excluding hydrogens is 336 g/mol. The van der Waals surface area contributed by atoms with Crippen LogP contribution in [0.3, 0.4) is 0 Å². The average Bonchev–Trinajstić information content (AvgIpc) is 2.74. The Labute approximate surface area is 169 Å². The van der Waals surface area contributed by atoms with Crippen LogP contribution in [0.4, 0.5) is 0 Å². The molecule has 0 aliphatic carbocycles. The lowest BCUT2D eigenvalue weighted by Crippen LogP contribution is -1.86. The molecule has 0 spiro atoms. The van der Waals surface area contributed by atoms with Crippen LogP contribution in [0, 0.1) is 0 Å². The first-order chi connectivity index (χ1) is 13.5. The summed E-state index contributed by atoms with van der Waals surface area (Å²) in [4.78, 5) is 0. The standard InChI is InChI=1S/C15H16.C13H14/c1-12(2)13-8-10-15(11-9-13)14-6-4-3-5-7-14;1-10(2)12-8-7-11-5-3-4-6-13(11)9-12/h3-12H,1-2H3;3-10H,1-2H3. The van der Waals surface area contributed by atoms with Crippen LogP contribution in [-0.2, 0) is 0 Å². The van der Waals surface area contributed by atoms with E-state index in [9.17, 15) is 0 Å². The highest BCUT2D eigenvalue weighted by Crippen LogP contribution is 2.22. The fraction of sp³-hybridized carbons (Fsp3) is 0.214. The van der Waals surface area contributed by atoms with E-state index in [2.05, 4.69) is 119 Å². The van der Waals surface area contributed by atoms with Crippen LogP contribution in [-0.4, -0.2) is 0 Å². The molecule has 0 heteroatoms. The Morgan fingerprint density at radius 3 is 1.54 bits per heavy atom. The fourth-order valence-electron chi connectivity index (χ4n) is 3.26. The maximum absolute atomic E-state index is 2.28. The van der Waals surface area contributed by atoms with Crippen LogP contribution < -0.4 is 0 Å². The molecule has 0 amide bonds. The summed E-state index contributed by atoms with van der Waals surface area (Å²) in [6, 6.07) is 34.5. The molecule has 0 aliphatic heterocycles. The van der Waals surface area contributed by atoms with E-state index in [1.54, 1.807) is 0 Å². The summed E-state index contributed by atoms with van der Waals surface area (Å²) >= 11 is 0. The Hall–Kier alpha value is -2.86. The van der Waals surface area contributed by atoms with Gasteiger partial charge in [-0.3, -0.25) is 0 Å². The highest BCUT2D eigenvalue weighted by Gasteiger charge is 2.00. The second-order valence-corrected chi connectivity index (χ2v) is 7.90. The molecule has 0 heterocycles. The van der Waals surface area contributed by atoms with Gasteiger partial charge in [0, 0.05) is 0 Å². The van der Waals surface area contributed by atoms with Crippen LogP contribution in [0.1, 0.15) is 50.7 Å². The van der Waals surface area contributed by atoms with Crippen molar-refractivity contribution in [2.45, 2.75) is 39.5 Å². The van der Waals surface area contributed by atoms with E-state index in [-0.39, 0.29) is 0 Å². The number of hydrogen-bond acceptors (Lipinski definition) is 0. The van der Waals surface area contributed by atoms with Crippen LogP contribution in [0.25, 0.3) is 21.9 Å². The minimum absolute atomic E-state index is 0.606. The number of hydrogen-bond donors (Lipinski definition) is 0. The van der Waals surface area contributed by atoms with Crippen molar-refractivity contribution in [3.63, 3.8) is 0 Å². The molecule has 0 aromatic heterocycles. The van der Waals surface area contributed by atoms with Gasteiger partial charge in [0.25, 0.3) is 0 Å². The number of fused-ring (bicyclic) bond motifs is 1. The van der Waals surface area contributed by atoms with Crippen molar-refractivity contribution in [2.24, 2.45) is 0 Å². The van der Waals surface area contributed by atoms with Crippen molar-refractivity contribution in [2.75, 3.05) is 0 Å². The predicted molar refractivity (Wildman–Crippen MR) is 124 cm³/mol. The summed E-state index contributed by atoms with van der Waals surface area (Å²) in [5, 5.41) is 2.67. The maximum Gasteiger partial charge on any atom is -0.0181 e. The third kappa shape index (κ3) is 5.10. The van der Waals surface area contributed by atoms with E-state index in [0.717, 1.165) is 0 Å². The summed E-state index contributed by atoms with van der Waals surface area (Å²) in [6.07, 6.45) is 0. The van der Waals surface area contributed by atoms with Crippen LogP contribution in [0.5, 0.6) is 0 Å². The van der Waals surface area contributed by atoms with E-state index in [1.807, 2.05) is 6.07 Å². The Morgan fingerprint density at radius 1 is 0.429 bits per heavy atom. The summed E-state index contributed by atoms with van der Waals surface area (Å²) < 4.78 is 0. The molecule has 0 saturated heterocycles. The zero-order valence-electron chi connectivity index (χ0n) is 17.4. The van der Waals surface area contributed by atoms with Gasteiger partial charge < -0.3 is 0 Å². The van der Waals surface area contributed by atoms with Crippen molar-refractivity contribution in [1.29, 1.82) is 0 Å². The molecule has 0 unspecified atom stereocenters. The maximum atomic E-state index is 2.28. The van der Waals surface area contributed by atoms with Gasteiger partial charge >= 0.3 is 0 Å². The van der Waals surface area contributed by atoms with Crippen molar-refractivity contribution >= 4 is 10.8 Å². The molecule has 0 bridgehead atoms. The van der Waals surface area contributed by atoms with Gasteiger partial charge in [0.1, 0.15) is 0 Å². The van der Waals surface area contributed by atoms with Gasteiger partial charge in [-0.15, -0.1) is 0 Å². The van der Waals surface area contributed by atoms with Gasteiger partial charge in [0.05, 0.1) is 0 Å². The van der Waals surface area contributed by atoms with Crippen LogP contribution in [0.15, 0.2) is 97.1 Å². The quantitative estimate of drug-likeness (QED) is 0.341. The Kier molecular flexibility index (Phi) is 6.66. The molecule has 0 nitrogen and oxygen atoms in total. The minimum Gasteiger partial charge on any atom is -0.0622 e. The zero-order valence-corrected chi connectivity index (χ0v) is 17.4. The van der Waals surface area contributed by atoms with Gasteiger partial charge in [-0.2, -0.15) is 0 Å². The molecule has 28 heavy (non-hydrogen) atoms. The third-order valence-electron chi connectivity index (χ3n) is 5.12. The summed E-state index contributed by atoms with van der Waals surface area (Å²) in [6.45, 7) is 8.89. The smallest absolute Gasteiger partial charge is 0.0181 e. The lowest BCUT2D eigenvalue weighted by Gasteiger charge is -2.06. The highest BCUT2D eigenvalue weighted by atomic mass is 14.1. The Morgan fingerprint density at radius 2 is 0.929 bits per heavy atom. The van der Waals surface area contributed by atoms with Gasteiger partial charge in [0.15, 0.2) is 0 Å². The zero-order chi connectivity index (χ0) is 19.9. The fourth-order valence-corrected chi connectivity index (χ4v) is 3.26. The summed E-state index contributed by atoms with van der Waals surface area (Å²) in [7, 11) is 0. The third-order valence-corrected chi connectivity index (χ3v) is 5.12. The highest BCUT2D eigenvalue weighted by molar-refractivity contribution is 5.83. The monoisotopic (exact) mass is 366 g/mol. The van der Waals surface area contributed by atoms with Gasteiger partial charge in [-0.25, -0.2) is 0 Å². The molecule has 0 N–H and O–H groups in total. The summed E-state index contributed by atoms with van der Waals surface area (Å²) in [5.41, 5.74) is 5.39. The number of rotatable bonds is 3. The average molecular weight is 367 g/mol. The lowest BCUT2D eigenvalue weighted by molar-refractivity contribution is 0.867. The molecule has 0 atom stereocenters. The minimum atomic E-state index is 0.606. The van der Waals surface area contributed by atoms with E-state index in [4.69, 9.17) is 0 Å². The second-order valence-electron chi connectivity index (χ2n) is 7.90. The van der Waals surface area contributed by atoms with E-state index in [1.165, 1.54) is 33.0 Å². The van der Waals surface area contributed by atoms with Gasteiger partial charge in [-0.05, 0) is 44.9 Å². The molecule has 4 aromatic carbocycles. The molecule has 4 rings (SSSR count). The Balaban J connectivity index is 0.000000162. The first kappa shape index (κ1) is 19.9. The molecule has 142 valence electrons. The lowest BCUT2D eigenvalue weighted by atomic mass is 9.99. The van der Waals surface area contributed by atoms with E-state index >= 15 is 0 Å². The van der Waals surface area contributed by atoms with E-state index < -0.39 is 0 Å². The van der Waals surface area contributed by atoms with Crippen molar-refractivity contribution in [3.8, 4) is 11.1 Å². The number of benzene rings is 4. The summed E-state index contributed by atoms with van der Waals surface area (Å²) in [5.74, 6) is 1.22. The molecule has 0 saturated carbocycles. The van der Waals surface area contributed by atoms with Gasteiger partial charge in [0.2, 0.25) is 0 Å². The first-order valence-corrected chi connectivity index (χ1v) is 10.2. The largest absolute Gasteiger partial charge is 0.0622 e. The molecule has 0 aliphatic rings. The second kappa shape index (κ2) is 9.37. The van der Waals surface area contributed by atoms with Crippen molar-refractivity contribution in [1.82, 2.24) is 0 Å². The molecule has 0 fully saturated rings. The predicted octanol–water partition coefficient (Wildman–Crippen LogP) is 8.44. The SMILES string of the molecule is CC(C)c1ccc(-c2ccccc2)cc1.CC(C)c1ccc2ccccc2c1. The van der Waals surface area contributed by atoms with Crippen molar-refractivity contribution < 1.29 is 0 Å². The first-order valence-electron chi connectivity index (χ1n) is 10.2. The topological polar surface area (TPSA) is 0 Å².